The van der Waals surface area contributed by atoms with Gasteiger partial charge in [-0.05, 0) is 32.1 Å². The lowest BCUT2D eigenvalue weighted by Crippen LogP contribution is -2.32. The van der Waals surface area contributed by atoms with Gasteiger partial charge in [-0.1, -0.05) is 19.1 Å². The summed E-state index contributed by atoms with van der Waals surface area (Å²) in [6.07, 6.45) is 5.54. The van der Waals surface area contributed by atoms with E-state index in [4.69, 9.17) is 5.11 Å². The van der Waals surface area contributed by atoms with E-state index in [-0.39, 0.29) is 6.42 Å². The molecule has 108 valence electrons. The van der Waals surface area contributed by atoms with Crippen molar-refractivity contribution in [2.45, 2.75) is 64.5 Å². The summed E-state index contributed by atoms with van der Waals surface area (Å²) >= 11 is 0. The van der Waals surface area contributed by atoms with Crippen molar-refractivity contribution in [2.75, 3.05) is 0 Å². The van der Waals surface area contributed by atoms with Gasteiger partial charge in [0.25, 0.3) is 0 Å². The molecule has 0 saturated carbocycles. The summed E-state index contributed by atoms with van der Waals surface area (Å²) in [5, 5.41) is 26.8. The number of nitrogens with zero attached hydrogens (tertiary/aromatic N) is 3. The van der Waals surface area contributed by atoms with E-state index in [9.17, 15) is 9.90 Å². The molecule has 19 heavy (non-hydrogen) atoms. The Morgan fingerprint density at radius 2 is 2.05 bits per heavy atom. The van der Waals surface area contributed by atoms with Crippen molar-refractivity contribution in [2.24, 2.45) is 0 Å². The van der Waals surface area contributed by atoms with Crippen LogP contribution in [0.4, 0.5) is 0 Å². The molecule has 0 amide bonds. The van der Waals surface area contributed by atoms with Crippen LogP contribution in [0.1, 0.15) is 51.6 Å². The van der Waals surface area contributed by atoms with E-state index in [0.29, 0.717) is 25.8 Å². The van der Waals surface area contributed by atoms with Crippen LogP contribution in [-0.4, -0.2) is 36.8 Å². The van der Waals surface area contributed by atoms with Gasteiger partial charge in [-0.25, -0.2) is 4.68 Å². The minimum Gasteiger partial charge on any atom is -0.481 e. The first-order valence-electron chi connectivity index (χ1n) is 6.82. The Hall–Kier alpha value is -1.43. The number of carbonyl (C=O) groups is 1. The fourth-order valence-corrected chi connectivity index (χ4v) is 1.89. The SMILES string of the molecule is CCC(O)(CC)Cn1cc(CCCCC(=O)O)nn1. The fourth-order valence-electron chi connectivity index (χ4n) is 1.89. The normalized spacial score (nSPS) is 11.7. The molecule has 1 aromatic rings. The summed E-state index contributed by atoms with van der Waals surface area (Å²) in [4.78, 5) is 10.4. The summed E-state index contributed by atoms with van der Waals surface area (Å²) in [5.41, 5.74) is 0.119. The van der Waals surface area contributed by atoms with Crippen LogP contribution in [0.2, 0.25) is 0 Å². The molecule has 2 N–H and O–H groups in total. The van der Waals surface area contributed by atoms with Crippen molar-refractivity contribution in [1.82, 2.24) is 15.0 Å². The molecule has 0 aromatic carbocycles. The average molecular weight is 269 g/mol. The van der Waals surface area contributed by atoms with Crippen LogP contribution in [0.3, 0.4) is 0 Å². The lowest BCUT2D eigenvalue weighted by Gasteiger charge is -2.24. The quantitative estimate of drug-likeness (QED) is 0.665. The molecule has 1 heterocycles. The van der Waals surface area contributed by atoms with Crippen LogP contribution in [0, 0.1) is 0 Å². The van der Waals surface area contributed by atoms with Gasteiger partial charge in [-0.2, -0.15) is 0 Å². The van der Waals surface area contributed by atoms with Crippen molar-refractivity contribution in [3.63, 3.8) is 0 Å². The Balaban J connectivity index is 2.42. The van der Waals surface area contributed by atoms with Crippen LogP contribution < -0.4 is 0 Å². The van der Waals surface area contributed by atoms with Crippen LogP contribution in [0.15, 0.2) is 6.20 Å². The minimum atomic E-state index is -0.764. The maximum absolute atomic E-state index is 10.4. The average Bonchev–Trinajstić information content (AvgIpc) is 2.81. The molecule has 0 aliphatic heterocycles. The second-order valence-electron chi connectivity index (χ2n) is 4.94. The van der Waals surface area contributed by atoms with Gasteiger partial charge in [0, 0.05) is 12.6 Å². The minimum absolute atomic E-state index is 0.194. The van der Waals surface area contributed by atoms with Crippen LogP contribution in [0.25, 0.3) is 0 Å². The van der Waals surface area contributed by atoms with Gasteiger partial charge in [0.05, 0.1) is 17.8 Å². The number of carboxylic acid groups (broad SMARTS) is 1. The number of unbranched alkanes of at least 4 members (excludes halogenated alkanes) is 1. The van der Waals surface area contributed by atoms with Crippen molar-refractivity contribution < 1.29 is 15.0 Å². The first kappa shape index (κ1) is 15.6. The second-order valence-corrected chi connectivity index (χ2v) is 4.94. The van der Waals surface area contributed by atoms with E-state index in [1.54, 1.807) is 4.68 Å². The van der Waals surface area contributed by atoms with Crippen LogP contribution in [-0.2, 0) is 17.8 Å². The van der Waals surface area contributed by atoms with Crippen molar-refractivity contribution >= 4 is 5.97 Å². The van der Waals surface area contributed by atoms with Gasteiger partial charge in [-0.15, -0.1) is 5.10 Å². The van der Waals surface area contributed by atoms with Crippen LogP contribution in [0.5, 0.6) is 0 Å². The molecule has 0 saturated heterocycles. The smallest absolute Gasteiger partial charge is 0.303 e. The molecule has 0 aliphatic carbocycles. The maximum atomic E-state index is 10.4. The molecule has 6 heteroatoms. The molecule has 0 atom stereocenters. The molecule has 6 nitrogen and oxygen atoms in total. The Morgan fingerprint density at radius 1 is 1.37 bits per heavy atom. The molecular formula is C13H23N3O3. The van der Waals surface area contributed by atoms with Crippen molar-refractivity contribution in [3.05, 3.63) is 11.9 Å². The monoisotopic (exact) mass is 269 g/mol. The summed E-state index contributed by atoms with van der Waals surface area (Å²) in [6, 6.07) is 0. The molecule has 1 rings (SSSR count). The Bertz CT molecular complexity index is 400. The number of aromatic nitrogens is 3. The summed E-state index contributed by atoms with van der Waals surface area (Å²) < 4.78 is 1.67. The molecule has 0 radical (unpaired) electrons. The molecule has 0 bridgehead atoms. The first-order chi connectivity index (χ1) is 8.99. The number of hydrogen-bond acceptors (Lipinski definition) is 4. The fraction of sp³-hybridized carbons (Fsp3) is 0.769. The van der Waals surface area contributed by atoms with Crippen molar-refractivity contribution in [1.29, 1.82) is 0 Å². The van der Waals surface area contributed by atoms with Gasteiger partial charge < -0.3 is 10.2 Å². The Kier molecular flexibility index (Phi) is 5.95. The zero-order valence-corrected chi connectivity index (χ0v) is 11.7. The van der Waals surface area contributed by atoms with Gasteiger partial charge in [0.15, 0.2) is 0 Å². The zero-order valence-electron chi connectivity index (χ0n) is 11.7. The zero-order chi connectivity index (χ0) is 14.3. The summed E-state index contributed by atoms with van der Waals surface area (Å²) in [5.74, 6) is -0.764. The highest BCUT2D eigenvalue weighted by molar-refractivity contribution is 5.66. The number of rotatable bonds is 9. The van der Waals surface area contributed by atoms with Gasteiger partial charge in [0.1, 0.15) is 0 Å². The second kappa shape index (κ2) is 7.23. The van der Waals surface area contributed by atoms with E-state index in [2.05, 4.69) is 10.3 Å². The number of aliphatic hydroxyl groups is 1. The molecule has 1 aromatic heterocycles. The number of aryl methyl sites for hydroxylation is 1. The topological polar surface area (TPSA) is 88.2 Å². The standard InChI is InChI=1S/C13H23N3O3/c1-3-13(19,4-2)10-16-9-11(14-15-16)7-5-6-8-12(17)18/h9,19H,3-8,10H2,1-2H3,(H,17,18). The highest BCUT2D eigenvalue weighted by Gasteiger charge is 2.23. The third kappa shape index (κ3) is 5.38. The summed E-state index contributed by atoms with van der Waals surface area (Å²) in [6.45, 7) is 4.35. The molecular weight excluding hydrogens is 246 g/mol. The lowest BCUT2D eigenvalue weighted by molar-refractivity contribution is -0.137. The number of carboxylic acids is 1. The van der Waals surface area contributed by atoms with Crippen LogP contribution >= 0.6 is 0 Å². The highest BCUT2D eigenvalue weighted by Crippen LogP contribution is 2.17. The molecule has 0 unspecified atom stereocenters. The third-order valence-corrected chi connectivity index (χ3v) is 3.43. The number of aliphatic carboxylic acids is 1. The number of hydrogen-bond donors (Lipinski definition) is 2. The van der Waals surface area contributed by atoms with E-state index >= 15 is 0 Å². The predicted octanol–water partition coefficient (Wildman–Crippen LogP) is 1.63. The van der Waals surface area contributed by atoms with E-state index in [1.807, 2.05) is 20.0 Å². The third-order valence-electron chi connectivity index (χ3n) is 3.43. The predicted molar refractivity (Wildman–Crippen MR) is 70.7 cm³/mol. The van der Waals surface area contributed by atoms with E-state index in [0.717, 1.165) is 18.5 Å². The molecule has 0 fully saturated rings. The largest absolute Gasteiger partial charge is 0.481 e. The molecule has 0 aliphatic rings. The maximum Gasteiger partial charge on any atom is 0.303 e. The van der Waals surface area contributed by atoms with E-state index < -0.39 is 11.6 Å². The lowest BCUT2D eigenvalue weighted by atomic mass is 9.98. The highest BCUT2D eigenvalue weighted by atomic mass is 16.4. The Morgan fingerprint density at radius 3 is 2.63 bits per heavy atom. The van der Waals surface area contributed by atoms with Gasteiger partial charge in [0.2, 0.25) is 0 Å². The van der Waals surface area contributed by atoms with Gasteiger partial charge in [-0.3, -0.25) is 4.79 Å². The van der Waals surface area contributed by atoms with Crippen molar-refractivity contribution in [3.8, 4) is 0 Å². The first-order valence-corrected chi connectivity index (χ1v) is 6.82. The van der Waals surface area contributed by atoms with E-state index in [1.165, 1.54) is 0 Å². The molecule has 0 spiro atoms. The summed E-state index contributed by atoms with van der Waals surface area (Å²) in [7, 11) is 0. The Labute approximate surface area is 113 Å². The van der Waals surface area contributed by atoms with Gasteiger partial charge >= 0.3 is 5.97 Å².